The van der Waals surface area contributed by atoms with Crippen molar-refractivity contribution in [1.82, 2.24) is 5.32 Å². The molecule has 0 spiro atoms. The van der Waals surface area contributed by atoms with Gasteiger partial charge in [-0.05, 0) is 27.2 Å². The first kappa shape index (κ1) is 17.2. The van der Waals surface area contributed by atoms with Crippen LogP contribution in [0.2, 0.25) is 0 Å². The molecule has 0 aromatic rings. The van der Waals surface area contributed by atoms with Crippen LogP contribution in [-0.4, -0.2) is 28.8 Å². The molecule has 0 saturated heterocycles. The maximum absolute atomic E-state index is 11.7. The lowest BCUT2D eigenvalue weighted by Crippen LogP contribution is -2.45. The van der Waals surface area contributed by atoms with E-state index >= 15 is 0 Å². The molecule has 0 aliphatic rings. The molecular weight excluding hydrogens is 246 g/mol. The number of carbonyl (C=O) groups excluding carboxylic acids is 1. The summed E-state index contributed by atoms with van der Waals surface area (Å²) in [4.78, 5) is 22.9. The Hall–Kier alpha value is -1.78. The summed E-state index contributed by atoms with van der Waals surface area (Å²) in [6.45, 7) is 14.3. The van der Waals surface area contributed by atoms with Crippen LogP contribution in [0.5, 0.6) is 0 Å². The topological polar surface area (TPSA) is 75.6 Å². The monoisotopic (exact) mass is 269 g/mol. The summed E-state index contributed by atoms with van der Waals surface area (Å²) in [5.41, 5.74) is -0.0344. The molecule has 19 heavy (non-hydrogen) atoms. The Morgan fingerprint density at radius 3 is 2.26 bits per heavy atom. The Morgan fingerprint density at radius 2 is 1.95 bits per heavy atom. The first-order valence-corrected chi connectivity index (χ1v) is 6.15. The van der Waals surface area contributed by atoms with Crippen LogP contribution in [0.15, 0.2) is 24.8 Å². The van der Waals surface area contributed by atoms with Crippen LogP contribution in [-0.2, 0) is 9.53 Å². The van der Waals surface area contributed by atoms with Crippen molar-refractivity contribution in [2.75, 3.05) is 0 Å². The minimum absolute atomic E-state index is 0.554. The van der Waals surface area contributed by atoms with Crippen molar-refractivity contribution >= 4 is 12.1 Å². The number of carboxylic acids is 1. The Morgan fingerprint density at radius 1 is 1.42 bits per heavy atom. The highest BCUT2D eigenvalue weighted by Crippen LogP contribution is 2.17. The lowest BCUT2D eigenvalue weighted by atomic mass is 9.92. The van der Waals surface area contributed by atoms with Gasteiger partial charge in [0.05, 0.1) is 12.0 Å². The number of hydrogen-bond donors (Lipinski definition) is 2. The molecule has 2 N–H and O–H groups in total. The van der Waals surface area contributed by atoms with Gasteiger partial charge in [-0.25, -0.2) is 4.79 Å². The van der Waals surface area contributed by atoms with Crippen molar-refractivity contribution in [2.45, 2.75) is 45.8 Å². The van der Waals surface area contributed by atoms with Crippen molar-refractivity contribution in [2.24, 2.45) is 5.92 Å². The van der Waals surface area contributed by atoms with Crippen LogP contribution >= 0.6 is 0 Å². The third-order valence-electron chi connectivity index (χ3n) is 2.46. The van der Waals surface area contributed by atoms with Crippen LogP contribution in [0, 0.1) is 5.92 Å². The molecule has 0 aliphatic heterocycles. The second-order valence-electron chi connectivity index (χ2n) is 5.24. The maximum Gasteiger partial charge on any atom is 0.408 e. The molecule has 2 atom stereocenters. The second-order valence-corrected chi connectivity index (χ2v) is 5.24. The van der Waals surface area contributed by atoms with Gasteiger partial charge >= 0.3 is 12.1 Å². The van der Waals surface area contributed by atoms with Gasteiger partial charge in [-0.2, -0.15) is 0 Å². The zero-order valence-electron chi connectivity index (χ0n) is 12.0. The first-order valence-electron chi connectivity index (χ1n) is 6.15. The van der Waals surface area contributed by atoms with Crippen molar-refractivity contribution in [3.8, 4) is 0 Å². The standard InChI is InChI=1S/C14H23NO4/c1-7-9(3)11(10(8-2)12(16)17)15-13(18)19-14(4,5)6/h8,10-11H,2-3,7H2,1,4-6H3,(H,15,18)(H,16,17)/t10-,11+/m0/s1. The van der Waals surface area contributed by atoms with Gasteiger partial charge in [-0.3, -0.25) is 4.79 Å². The van der Waals surface area contributed by atoms with Crippen LogP contribution in [0.4, 0.5) is 4.79 Å². The highest BCUT2D eigenvalue weighted by molar-refractivity contribution is 5.76. The molecule has 0 bridgehead atoms. The highest BCUT2D eigenvalue weighted by atomic mass is 16.6. The fourth-order valence-corrected chi connectivity index (χ4v) is 1.48. The van der Waals surface area contributed by atoms with Crippen LogP contribution in [0.3, 0.4) is 0 Å². The maximum atomic E-state index is 11.7. The van der Waals surface area contributed by atoms with E-state index in [2.05, 4.69) is 18.5 Å². The fourth-order valence-electron chi connectivity index (χ4n) is 1.48. The Kier molecular flexibility index (Phi) is 6.32. The molecule has 5 heteroatoms. The quantitative estimate of drug-likeness (QED) is 0.727. The minimum Gasteiger partial charge on any atom is -0.481 e. The second kappa shape index (κ2) is 6.97. The van der Waals surface area contributed by atoms with E-state index in [1.807, 2.05) is 6.92 Å². The molecule has 0 saturated carbocycles. The van der Waals surface area contributed by atoms with Crippen molar-refractivity contribution in [1.29, 1.82) is 0 Å². The lowest BCUT2D eigenvalue weighted by Gasteiger charge is -2.27. The Labute approximate surface area is 114 Å². The van der Waals surface area contributed by atoms with Gasteiger partial charge in [0.1, 0.15) is 5.60 Å². The average Bonchev–Trinajstić information content (AvgIpc) is 2.24. The molecule has 0 unspecified atom stereocenters. The normalized spacial score (nSPS) is 14.1. The molecule has 0 aliphatic carbocycles. The van der Waals surface area contributed by atoms with Gasteiger partial charge in [0.25, 0.3) is 0 Å². The van der Waals surface area contributed by atoms with E-state index in [9.17, 15) is 9.59 Å². The molecule has 5 nitrogen and oxygen atoms in total. The summed E-state index contributed by atoms with van der Waals surface area (Å²) in [5.74, 6) is -1.99. The lowest BCUT2D eigenvalue weighted by molar-refractivity contribution is -0.140. The summed E-state index contributed by atoms with van der Waals surface area (Å²) in [7, 11) is 0. The van der Waals surface area contributed by atoms with Crippen LogP contribution in [0.1, 0.15) is 34.1 Å². The van der Waals surface area contributed by atoms with E-state index in [1.54, 1.807) is 20.8 Å². The largest absolute Gasteiger partial charge is 0.481 e. The third kappa shape index (κ3) is 6.08. The van der Waals surface area contributed by atoms with Gasteiger partial charge in [-0.15, -0.1) is 6.58 Å². The molecule has 0 aromatic carbocycles. The smallest absolute Gasteiger partial charge is 0.408 e. The Balaban J connectivity index is 4.98. The summed E-state index contributed by atoms with van der Waals surface area (Å²) in [5, 5.41) is 11.7. The SMILES string of the molecule is C=C[C@H](C(=O)O)[C@H](NC(=O)OC(C)(C)C)C(=C)CC. The number of carboxylic acid groups (broad SMARTS) is 1. The molecule has 0 fully saturated rings. The number of carbonyl (C=O) groups is 2. The first-order chi connectivity index (χ1) is 8.62. The number of alkyl carbamates (subject to hydrolysis) is 1. The highest BCUT2D eigenvalue weighted by Gasteiger charge is 2.30. The number of aliphatic carboxylic acids is 1. The molecule has 0 radical (unpaired) electrons. The average molecular weight is 269 g/mol. The number of amides is 1. The van der Waals surface area contributed by atoms with E-state index in [-0.39, 0.29) is 0 Å². The van der Waals surface area contributed by atoms with E-state index in [0.29, 0.717) is 12.0 Å². The fraction of sp³-hybridized carbons (Fsp3) is 0.571. The number of hydrogen-bond acceptors (Lipinski definition) is 3. The summed E-state index contributed by atoms with van der Waals surface area (Å²) >= 11 is 0. The molecule has 0 rings (SSSR count). The predicted molar refractivity (Wildman–Crippen MR) is 73.9 cm³/mol. The molecule has 0 aromatic heterocycles. The third-order valence-corrected chi connectivity index (χ3v) is 2.46. The molecule has 0 heterocycles. The minimum atomic E-state index is -1.06. The summed E-state index contributed by atoms with van der Waals surface area (Å²) < 4.78 is 5.12. The summed E-state index contributed by atoms with van der Waals surface area (Å²) in [6, 6.07) is -0.727. The zero-order valence-corrected chi connectivity index (χ0v) is 12.0. The van der Waals surface area contributed by atoms with Gasteiger partial charge in [0.15, 0.2) is 0 Å². The van der Waals surface area contributed by atoms with E-state index in [0.717, 1.165) is 0 Å². The zero-order chi connectivity index (χ0) is 15.2. The van der Waals surface area contributed by atoms with E-state index in [1.165, 1.54) is 6.08 Å². The van der Waals surface area contributed by atoms with Gasteiger partial charge in [-0.1, -0.05) is 25.2 Å². The van der Waals surface area contributed by atoms with Crippen molar-refractivity contribution < 1.29 is 19.4 Å². The van der Waals surface area contributed by atoms with Gasteiger partial charge in [0, 0.05) is 0 Å². The number of ether oxygens (including phenoxy) is 1. The van der Waals surface area contributed by atoms with Gasteiger partial charge in [0.2, 0.25) is 0 Å². The van der Waals surface area contributed by atoms with E-state index in [4.69, 9.17) is 9.84 Å². The Bertz CT molecular complexity index is 368. The molecule has 1 amide bonds. The van der Waals surface area contributed by atoms with Crippen LogP contribution in [0.25, 0.3) is 0 Å². The number of rotatable bonds is 6. The summed E-state index contributed by atoms with van der Waals surface area (Å²) in [6.07, 6.45) is 1.17. The molecular formula is C14H23NO4. The van der Waals surface area contributed by atoms with Crippen LogP contribution < -0.4 is 5.32 Å². The number of nitrogens with one attached hydrogen (secondary N) is 1. The van der Waals surface area contributed by atoms with Crippen molar-refractivity contribution in [3.63, 3.8) is 0 Å². The molecule has 108 valence electrons. The van der Waals surface area contributed by atoms with E-state index < -0.39 is 29.6 Å². The van der Waals surface area contributed by atoms with Crippen molar-refractivity contribution in [3.05, 3.63) is 24.8 Å². The van der Waals surface area contributed by atoms with Gasteiger partial charge < -0.3 is 15.2 Å². The predicted octanol–water partition coefficient (Wildman–Crippen LogP) is 2.73.